The van der Waals surface area contributed by atoms with Crippen molar-refractivity contribution in [2.45, 2.75) is 38.5 Å². The zero-order chi connectivity index (χ0) is 11.0. The van der Waals surface area contributed by atoms with Gasteiger partial charge in [-0.2, -0.15) is 5.10 Å². The molecule has 0 unspecified atom stereocenters. The van der Waals surface area contributed by atoms with Crippen LogP contribution in [0.2, 0.25) is 0 Å². The molecule has 4 heteroatoms. The Hall–Kier alpha value is -1.32. The maximum absolute atomic E-state index is 12.3. The van der Waals surface area contributed by atoms with E-state index in [4.69, 9.17) is 0 Å². The van der Waals surface area contributed by atoms with Gasteiger partial charge in [-0.3, -0.25) is 14.8 Å². The number of nitrogens with zero attached hydrogens (tertiary/aromatic N) is 2. The number of carbonyl (C=O) groups excluding carboxylic acids is 1. The van der Waals surface area contributed by atoms with E-state index in [1.807, 2.05) is 11.1 Å². The number of hydrogen-bond donors (Lipinski definition) is 1. The smallest absolute Gasteiger partial charge is 0.231 e. The van der Waals surface area contributed by atoms with E-state index in [1.165, 1.54) is 18.4 Å². The average molecular weight is 219 g/mol. The van der Waals surface area contributed by atoms with Gasteiger partial charge in [-0.1, -0.05) is 12.8 Å². The lowest BCUT2D eigenvalue weighted by Gasteiger charge is -2.28. The third kappa shape index (κ3) is 1.52. The fourth-order valence-corrected chi connectivity index (χ4v) is 2.87. The summed E-state index contributed by atoms with van der Waals surface area (Å²) in [6.07, 6.45) is 8.51. The Morgan fingerprint density at radius 3 is 3.00 bits per heavy atom. The van der Waals surface area contributed by atoms with Crippen LogP contribution in [0.5, 0.6) is 0 Å². The lowest BCUT2D eigenvalue weighted by molar-refractivity contribution is -0.122. The number of amides is 1. The van der Waals surface area contributed by atoms with Gasteiger partial charge in [-0.25, -0.2) is 0 Å². The number of nitrogens with one attached hydrogen (secondary N) is 1. The molecule has 0 radical (unpaired) electrons. The van der Waals surface area contributed by atoms with Gasteiger partial charge in [-0.05, 0) is 25.7 Å². The van der Waals surface area contributed by atoms with Crippen molar-refractivity contribution in [3.63, 3.8) is 0 Å². The van der Waals surface area contributed by atoms with Crippen LogP contribution < -0.4 is 4.90 Å². The zero-order valence-electron chi connectivity index (χ0n) is 9.41. The highest BCUT2D eigenvalue weighted by atomic mass is 16.2. The van der Waals surface area contributed by atoms with Crippen LogP contribution in [0.25, 0.3) is 0 Å². The lowest BCUT2D eigenvalue weighted by atomic mass is 10.0. The highest BCUT2D eigenvalue weighted by molar-refractivity contribution is 5.95. The van der Waals surface area contributed by atoms with Crippen molar-refractivity contribution in [1.29, 1.82) is 0 Å². The maximum Gasteiger partial charge on any atom is 0.231 e. The summed E-state index contributed by atoms with van der Waals surface area (Å²) in [5.41, 5.74) is 1.19. The van der Waals surface area contributed by atoms with Crippen molar-refractivity contribution in [2.24, 2.45) is 5.92 Å². The second-order valence-corrected chi connectivity index (χ2v) is 4.82. The Morgan fingerprint density at radius 1 is 1.38 bits per heavy atom. The summed E-state index contributed by atoms with van der Waals surface area (Å²) in [5.74, 6) is 1.51. The summed E-state index contributed by atoms with van der Waals surface area (Å²) >= 11 is 0. The van der Waals surface area contributed by atoms with E-state index in [0.717, 1.165) is 38.0 Å². The van der Waals surface area contributed by atoms with Gasteiger partial charge in [0.1, 0.15) is 5.82 Å². The third-order valence-corrected chi connectivity index (χ3v) is 3.76. The number of aromatic nitrogens is 2. The molecule has 2 aliphatic rings. The quantitative estimate of drug-likeness (QED) is 0.784. The molecule has 1 aromatic rings. The first-order valence-corrected chi connectivity index (χ1v) is 6.20. The number of rotatable bonds is 1. The van der Waals surface area contributed by atoms with Crippen LogP contribution in [0.3, 0.4) is 0 Å². The van der Waals surface area contributed by atoms with Gasteiger partial charge in [0.15, 0.2) is 0 Å². The Balaban J connectivity index is 1.83. The maximum atomic E-state index is 12.3. The van der Waals surface area contributed by atoms with E-state index < -0.39 is 0 Å². The Morgan fingerprint density at radius 2 is 2.19 bits per heavy atom. The Bertz CT molecular complexity index is 393. The van der Waals surface area contributed by atoms with Crippen molar-refractivity contribution in [3.05, 3.63) is 11.8 Å². The molecule has 1 amide bonds. The van der Waals surface area contributed by atoms with Crippen LogP contribution in [0.4, 0.5) is 5.82 Å². The minimum Gasteiger partial charge on any atom is -0.297 e. The van der Waals surface area contributed by atoms with Gasteiger partial charge in [0, 0.05) is 18.0 Å². The fraction of sp³-hybridized carbons (Fsp3) is 0.667. The molecule has 1 saturated carbocycles. The topological polar surface area (TPSA) is 49.0 Å². The molecule has 1 aromatic heterocycles. The number of aryl methyl sites for hydroxylation is 1. The molecule has 0 saturated heterocycles. The minimum absolute atomic E-state index is 0.259. The van der Waals surface area contributed by atoms with Crippen LogP contribution in [0.1, 0.15) is 37.7 Å². The highest BCUT2D eigenvalue weighted by Gasteiger charge is 2.31. The molecule has 0 bridgehead atoms. The van der Waals surface area contributed by atoms with Crippen molar-refractivity contribution in [1.82, 2.24) is 10.2 Å². The Kier molecular flexibility index (Phi) is 2.42. The highest BCUT2D eigenvalue weighted by Crippen LogP contribution is 2.31. The molecule has 1 fully saturated rings. The van der Waals surface area contributed by atoms with E-state index in [2.05, 4.69) is 10.2 Å². The number of fused-ring (bicyclic) bond motifs is 1. The van der Waals surface area contributed by atoms with Crippen molar-refractivity contribution in [3.8, 4) is 0 Å². The third-order valence-electron chi connectivity index (χ3n) is 3.76. The predicted molar refractivity (Wildman–Crippen MR) is 61.2 cm³/mol. The molecule has 1 N–H and O–H groups in total. The summed E-state index contributed by atoms with van der Waals surface area (Å²) in [6.45, 7) is 0.852. The first kappa shape index (κ1) is 9.87. The molecular formula is C12H17N3O. The molecule has 2 heterocycles. The second kappa shape index (κ2) is 3.92. The summed E-state index contributed by atoms with van der Waals surface area (Å²) in [5, 5.41) is 7.01. The number of hydrogen-bond acceptors (Lipinski definition) is 2. The zero-order valence-corrected chi connectivity index (χ0v) is 9.41. The normalized spacial score (nSPS) is 21.1. The van der Waals surface area contributed by atoms with Gasteiger partial charge in [-0.15, -0.1) is 0 Å². The predicted octanol–water partition coefficient (Wildman–Crippen LogP) is 1.88. The second-order valence-electron chi connectivity index (χ2n) is 4.82. The van der Waals surface area contributed by atoms with Crippen molar-refractivity contribution in [2.75, 3.05) is 11.4 Å². The molecule has 0 atom stereocenters. The summed E-state index contributed by atoms with van der Waals surface area (Å²) in [6, 6.07) is 0. The van der Waals surface area contributed by atoms with Gasteiger partial charge in [0.25, 0.3) is 0 Å². The SMILES string of the molecule is O=C(C1CCCC1)N1CCCc2cn[nH]c21. The number of carbonyl (C=O) groups is 1. The number of aromatic amines is 1. The first-order chi connectivity index (χ1) is 7.86. The summed E-state index contributed by atoms with van der Waals surface area (Å²) < 4.78 is 0. The average Bonchev–Trinajstić information content (AvgIpc) is 2.98. The largest absolute Gasteiger partial charge is 0.297 e. The molecule has 1 aliphatic heterocycles. The van der Waals surface area contributed by atoms with Crippen LogP contribution in [-0.2, 0) is 11.2 Å². The molecule has 0 spiro atoms. The van der Waals surface area contributed by atoms with Crippen LogP contribution >= 0.6 is 0 Å². The van der Waals surface area contributed by atoms with Crippen LogP contribution in [0, 0.1) is 5.92 Å². The van der Waals surface area contributed by atoms with Crippen molar-refractivity contribution < 1.29 is 4.79 Å². The number of anilines is 1. The summed E-state index contributed by atoms with van der Waals surface area (Å²) in [4.78, 5) is 14.3. The molecule has 16 heavy (non-hydrogen) atoms. The lowest BCUT2D eigenvalue weighted by Crippen LogP contribution is -2.39. The van der Waals surface area contributed by atoms with E-state index >= 15 is 0 Å². The Labute approximate surface area is 95.0 Å². The fourth-order valence-electron chi connectivity index (χ4n) is 2.87. The first-order valence-electron chi connectivity index (χ1n) is 6.20. The van der Waals surface area contributed by atoms with Gasteiger partial charge in [0.2, 0.25) is 5.91 Å². The number of H-pyrrole nitrogens is 1. The molecule has 4 nitrogen and oxygen atoms in total. The molecule has 1 aliphatic carbocycles. The van der Waals surface area contributed by atoms with Gasteiger partial charge < -0.3 is 0 Å². The molecule has 86 valence electrons. The monoisotopic (exact) mass is 219 g/mol. The van der Waals surface area contributed by atoms with E-state index in [0.29, 0.717) is 5.91 Å². The molecule has 0 aromatic carbocycles. The van der Waals surface area contributed by atoms with E-state index in [9.17, 15) is 4.79 Å². The molecular weight excluding hydrogens is 202 g/mol. The van der Waals surface area contributed by atoms with Crippen molar-refractivity contribution >= 4 is 11.7 Å². The summed E-state index contributed by atoms with van der Waals surface area (Å²) in [7, 11) is 0. The minimum atomic E-state index is 0.259. The van der Waals surface area contributed by atoms with Crippen LogP contribution in [-0.4, -0.2) is 22.6 Å². The van der Waals surface area contributed by atoms with E-state index in [1.54, 1.807) is 0 Å². The van der Waals surface area contributed by atoms with Gasteiger partial charge in [0.05, 0.1) is 6.20 Å². The van der Waals surface area contributed by atoms with Crippen LogP contribution in [0.15, 0.2) is 6.20 Å². The van der Waals surface area contributed by atoms with E-state index in [-0.39, 0.29) is 5.92 Å². The molecule has 3 rings (SSSR count). The standard InChI is InChI=1S/C12H17N3O/c16-12(9-4-1-2-5-9)15-7-3-6-10-8-13-14-11(10)15/h8-9H,1-7H2,(H,13,14). The van der Waals surface area contributed by atoms with Gasteiger partial charge >= 0.3 is 0 Å².